The van der Waals surface area contributed by atoms with Crippen molar-refractivity contribution in [2.24, 2.45) is 0 Å². The molecule has 1 fully saturated rings. The lowest BCUT2D eigenvalue weighted by Crippen LogP contribution is -2.39. The van der Waals surface area contributed by atoms with Crippen molar-refractivity contribution >= 4 is 32.8 Å². The number of nitrogens with zero attached hydrogens (tertiary/aromatic N) is 1. The molecule has 0 radical (unpaired) electrons. The van der Waals surface area contributed by atoms with Gasteiger partial charge in [-0.05, 0) is 25.0 Å². The fourth-order valence-corrected chi connectivity index (χ4v) is 3.37. The maximum atomic E-state index is 12.7. The Labute approximate surface area is 127 Å². The molecule has 0 spiro atoms. The summed E-state index contributed by atoms with van der Waals surface area (Å²) in [5.41, 5.74) is 0.779. The largest absolute Gasteiger partial charge is 0.451 e. The van der Waals surface area contributed by atoms with Crippen LogP contribution in [0.15, 0.2) is 34.7 Å². The van der Waals surface area contributed by atoms with Crippen molar-refractivity contribution < 1.29 is 9.21 Å². The average Bonchev–Trinajstić information content (AvgIpc) is 3.12. The number of amides is 1. The van der Waals surface area contributed by atoms with Crippen LogP contribution in [0.5, 0.6) is 0 Å². The third kappa shape index (κ3) is 2.62. The van der Waals surface area contributed by atoms with Crippen LogP contribution >= 0.6 is 15.9 Å². The Hall–Kier alpha value is -1.29. The Morgan fingerprint density at radius 1 is 1.30 bits per heavy atom. The molecule has 20 heavy (non-hydrogen) atoms. The summed E-state index contributed by atoms with van der Waals surface area (Å²) in [6, 6.07) is 9.98. The summed E-state index contributed by atoms with van der Waals surface area (Å²) in [5.74, 6) is 0.478. The van der Waals surface area contributed by atoms with E-state index in [1.54, 1.807) is 0 Å². The SMILES string of the molecule is O=C(c1cc2ccccc2o1)N(CCBr)C1CCCC1. The van der Waals surface area contributed by atoms with E-state index in [-0.39, 0.29) is 5.91 Å². The van der Waals surface area contributed by atoms with E-state index in [4.69, 9.17) is 4.42 Å². The van der Waals surface area contributed by atoms with Crippen molar-refractivity contribution in [2.45, 2.75) is 31.7 Å². The molecule has 0 unspecified atom stereocenters. The number of para-hydroxylation sites is 1. The lowest BCUT2D eigenvalue weighted by Gasteiger charge is -2.27. The van der Waals surface area contributed by atoms with Gasteiger partial charge in [-0.2, -0.15) is 0 Å². The second-order valence-electron chi connectivity index (χ2n) is 5.27. The van der Waals surface area contributed by atoms with Gasteiger partial charge in [-0.1, -0.05) is 47.0 Å². The number of rotatable bonds is 4. The molecule has 1 heterocycles. The molecule has 1 aliphatic rings. The molecule has 2 aromatic rings. The highest BCUT2D eigenvalue weighted by Gasteiger charge is 2.28. The number of furan rings is 1. The van der Waals surface area contributed by atoms with Gasteiger partial charge in [0.2, 0.25) is 0 Å². The van der Waals surface area contributed by atoms with Gasteiger partial charge in [0, 0.05) is 23.3 Å². The first-order chi connectivity index (χ1) is 9.79. The van der Waals surface area contributed by atoms with Crippen LogP contribution in [0.1, 0.15) is 36.2 Å². The minimum atomic E-state index is 0.0209. The molecule has 1 aliphatic carbocycles. The molecule has 0 atom stereocenters. The molecule has 106 valence electrons. The van der Waals surface area contributed by atoms with Crippen molar-refractivity contribution in [3.8, 4) is 0 Å². The fraction of sp³-hybridized carbons (Fsp3) is 0.438. The van der Waals surface area contributed by atoms with Gasteiger partial charge in [-0.15, -0.1) is 0 Å². The zero-order valence-corrected chi connectivity index (χ0v) is 12.9. The molecule has 3 rings (SSSR count). The molecule has 0 bridgehead atoms. The molecule has 0 N–H and O–H groups in total. The minimum absolute atomic E-state index is 0.0209. The zero-order chi connectivity index (χ0) is 13.9. The van der Waals surface area contributed by atoms with Crippen LogP contribution < -0.4 is 0 Å². The van der Waals surface area contributed by atoms with Crippen molar-refractivity contribution in [1.82, 2.24) is 4.90 Å². The molecular weight excluding hydrogens is 318 g/mol. The van der Waals surface area contributed by atoms with E-state index in [0.29, 0.717) is 11.8 Å². The number of carbonyl (C=O) groups is 1. The summed E-state index contributed by atoms with van der Waals surface area (Å²) in [6.45, 7) is 0.737. The predicted molar refractivity (Wildman–Crippen MR) is 83.3 cm³/mol. The van der Waals surface area contributed by atoms with E-state index in [9.17, 15) is 4.79 Å². The molecule has 1 aromatic heterocycles. The van der Waals surface area contributed by atoms with Gasteiger partial charge in [-0.3, -0.25) is 4.79 Å². The molecule has 3 nitrogen and oxygen atoms in total. The number of hydrogen-bond donors (Lipinski definition) is 0. The average molecular weight is 336 g/mol. The second kappa shape index (κ2) is 6.00. The van der Waals surface area contributed by atoms with Crippen LogP contribution in [0, 0.1) is 0 Å². The Morgan fingerprint density at radius 3 is 2.75 bits per heavy atom. The van der Waals surface area contributed by atoms with E-state index in [2.05, 4.69) is 15.9 Å². The summed E-state index contributed by atoms with van der Waals surface area (Å²) in [5, 5.41) is 1.79. The summed E-state index contributed by atoms with van der Waals surface area (Å²) in [7, 11) is 0. The van der Waals surface area contributed by atoms with Crippen LogP contribution in [-0.4, -0.2) is 28.7 Å². The Balaban J connectivity index is 1.87. The highest BCUT2D eigenvalue weighted by molar-refractivity contribution is 9.09. The minimum Gasteiger partial charge on any atom is -0.451 e. The van der Waals surface area contributed by atoms with Crippen LogP contribution in [0.3, 0.4) is 0 Å². The molecular formula is C16H18BrNO2. The number of hydrogen-bond acceptors (Lipinski definition) is 2. The topological polar surface area (TPSA) is 33.5 Å². The van der Waals surface area contributed by atoms with Crippen LogP contribution in [0.25, 0.3) is 11.0 Å². The smallest absolute Gasteiger partial charge is 0.289 e. The Kier molecular flexibility index (Phi) is 4.10. The highest BCUT2D eigenvalue weighted by atomic mass is 79.9. The molecule has 0 saturated heterocycles. The van der Waals surface area contributed by atoms with E-state index < -0.39 is 0 Å². The number of carbonyl (C=O) groups excluding carboxylic acids is 1. The summed E-state index contributed by atoms with van der Waals surface area (Å²) in [4.78, 5) is 14.7. The molecule has 1 saturated carbocycles. The number of halogens is 1. The van der Waals surface area contributed by atoms with Gasteiger partial charge in [0.25, 0.3) is 5.91 Å². The van der Waals surface area contributed by atoms with Crippen molar-refractivity contribution in [3.05, 3.63) is 36.1 Å². The van der Waals surface area contributed by atoms with E-state index in [0.717, 1.165) is 35.7 Å². The lowest BCUT2D eigenvalue weighted by molar-refractivity contribution is 0.0666. The van der Waals surface area contributed by atoms with Crippen molar-refractivity contribution in [3.63, 3.8) is 0 Å². The predicted octanol–water partition coefficient (Wildman–Crippen LogP) is 4.21. The first-order valence-electron chi connectivity index (χ1n) is 7.15. The van der Waals surface area contributed by atoms with Crippen LogP contribution in [0.2, 0.25) is 0 Å². The maximum absolute atomic E-state index is 12.7. The Morgan fingerprint density at radius 2 is 2.05 bits per heavy atom. The van der Waals surface area contributed by atoms with Gasteiger partial charge >= 0.3 is 0 Å². The van der Waals surface area contributed by atoms with E-state index in [1.807, 2.05) is 35.2 Å². The normalized spacial score (nSPS) is 15.8. The van der Waals surface area contributed by atoms with Gasteiger partial charge in [-0.25, -0.2) is 0 Å². The molecule has 4 heteroatoms. The van der Waals surface area contributed by atoms with Crippen LogP contribution in [0.4, 0.5) is 0 Å². The third-order valence-electron chi connectivity index (χ3n) is 3.99. The van der Waals surface area contributed by atoms with Gasteiger partial charge in [0.15, 0.2) is 5.76 Å². The van der Waals surface area contributed by atoms with E-state index >= 15 is 0 Å². The fourth-order valence-electron chi connectivity index (χ4n) is 2.99. The first kappa shape index (κ1) is 13.7. The number of benzene rings is 1. The van der Waals surface area contributed by atoms with Crippen LogP contribution in [-0.2, 0) is 0 Å². The summed E-state index contributed by atoms with van der Waals surface area (Å²) >= 11 is 3.45. The maximum Gasteiger partial charge on any atom is 0.289 e. The standard InChI is InChI=1S/C16H18BrNO2/c17-9-10-18(13-6-2-3-7-13)16(19)15-11-12-5-1-4-8-14(12)20-15/h1,4-5,8,11,13H,2-3,6-7,9-10H2. The van der Waals surface area contributed by atoms with Gasteiger partial charge in [0.1, 0.15) is 5.58 Å². The molecule has 0 aliphatic heterocycles. The van der Waals surface area contributed by atoms with Crippen molar-refractivity contribution in [1.29, 1.82) is 0 Å². The first-order valence-corrected chi connectivity index (χ1v) is 8.27. The molecule has 1 aromatic carbocycles. The van der Waals surface area contributed by atoms with E-state index in [1.165, 1.54) is 12.8 Å². The highest BCUT2D eigenvalue weighted by Crippen LogP contribution is 2.27. The van der Waals surface area contributed by atoms with Gasteiger partial charge < -0.3 is 9.32 Å². The van der Waals surface area contributed by atoms with Gasteiger partial charge in [0.05, 0.1) is 0 Å². The quantitative estimate of drug-likeness (QED) is 0.784. The number of alkyl halides is 1. The summed E-state index contributed by atoms with van der Waals surface area (Å²) in [6.07, 6.45) is 4.66. The monoisotopic (exact) mass is 335 g/mol. The zero-order valence-electron chi connectivity index (χ0n) is 11.3. The summed E-state index contributed by atoms with van der Waals surface area (Å²) < 4.78 is 5.71. The second-order valence-corrected chi connectivity index (χ2v) is 6.07. The number of fused-ring (bicyclic) bond motifs is 1. The Bertz CT molecular complexity index is 568. The third-order valence-corrected chi connectivity index (χ3v) is 4.34. The lowest BCUT2D eigenvalue weighted by atomic mass is 10.2. The van der Waals surface area contributed by atoms with Crippen molar-refractivity contribution in [2.75, 3.05) is 11.9 Å². The molecule has 1 amide bonds.